The first kappa shape index (κ1) is 13.6. The summed E-state index contributed by atoms with van der Waals surface area (Å²) in [6.45, 7) is 0. The van der Waals surface area contributed by atoms with E-state index in [0.717, 1.165) is 23.1 Å². The molecule has 3 rings (SSSR count). The molecule has 0 radical (unpaired) electrons. The Balaban J connectivity index is 2.16. The molecule has 1 atom stereocenters. The lowest BCUT2D eigenvalue weighted by molar-refractivity contribution is -0.137. The highest BCUT2D eigenvalue weighted by molar-refractivity contribution is 6.09. The lowest BCUT2D eigenvalue weighted by atomic mass is 10.1. The Morgan fingerprint density at radius 2 is 1.67 bits per heavy atom. The molecule has 0 fully saturated rings. The molecule has 1 amide bonds. The smallest absolute Gasteiger partial charge is 0.278 e. The molecule has 0 aliphatic carbocycles. The molecule has 0 aromatic heterocycles. The summed E-state index contributed by atoms with van der Waals surface area (Å²) in [6, 6.07) is 10.6. The van der Waals surface area contributed by atoms with Gasteiger partial charge in [-0.2, -0.15) is 13.2 Å². The lowest BCUT2D eigenvalue weighted by Crippen LogP contribution is -2.22. The Hall–Kier alpha value is -2.37. The molecule has 0 saturated heterocycles. The fraction of sp³-hybridized carbons (Fsp3) is 0.133. The van der Waals surface area contributed by atoms with Crippen LogP contribution in [0.3, 0.4) is 0 Å². The summed E-state index contributed by atoms with van der Waals surface area (Å²) in [7, 11) is 0. The van der Waals surface area contributed by atoms with Gasteiger partial charge in [0.15, 0.2) is 0 Å². The van der Waals surface area contributed by atoms with E-state index in [1.54, 1.807) is 30.3 Å². The number of hydrogen-bond acceptors (Lipinski definition) is 1. The molecule has 1 heterocycles. The SMILES string of the molecule is O=C1C(F)c2ccc(C(F)(F)F)cc2N1c1ccccc1. The maximum atomic E-state index is 14.0. The number of carbonyl (C=O) groups is 1. The topological polar surface area (TPSA) is 20.3 Å². The molecule has 2 aromatic carbocycles. The summed E-state index contributed by atoms with van der Waals surface area (Å²) in [5, 5.41) is 0. The van der Waals surface area contributed by atoms with Crippen molar-refractivity contribution in [2.75, 3.05) is 4.90 Å². The lowest BCUT2D eigenvalue weighted by Gasteiger charge is -2.18. The van der Waals surface area contributed by atoms with Crippen LogP contribution in [0.1, 0.15) is 17.3 Å². The highest BCUT2D eigenvalue weighted by atomic mass is 19.4. The van der Waals surface area contributed by atoms with E-state index in [4.69, 9.17) is 0 Å². The molecular formula is C15H9F4NO. The van der Waals surface area contributed by atoms with Crippen LogP contribution in [0, 0.1) is 0 Å². The fourth-order valence-corrected chi connectivity index (χ4v) is 2.34. The Kier molecular flexibility index (Phi) is 2.97. The molecule has 2 nitrogen and oxygen atoms in total. The maximum Gasteiger partial charge on any atom is 0.416 e. The summed E-state index contributed by atoms with van der Waals surface area (Å²) >= 11 is 0. The van der Waals surface area contributed by atoms with E-state index in [-0.39, 0.29) is 11.3 Å². The van der Waals surface area contributed by atoms with Crippen molar-refractivity contribution in [3.05, 3.63) is 59.7 Å². The van der Waals surface area contributed by atoms with Crippen molar-refractivity contribution in [3.8, 4) is 0 Å². The van der Waals surface area contributed by atoms with Crippen molar-refractivity contribution in [2.24, 2.45) is 0 Å². The average molecular weight is 295 g/mol. The summed E-state index contributed by atoms with van der Waals surface area (Å²) in [6.07, 6.45) is -6.49. The molecule has 0 N–H and O–H groups in total. The molecule has 1 aliphatic rings. The van der Waals surface area contributed by atoms with Crippen LogP contribution in [0.25, 0.3) is 0 Å². The van der Waals surface area contributed by atoms with Crippen LogP contribution in [-0.2, 0) is 11.0 Å². The highest BCUT2D eigenvalue weighted by Crippen LogP contribution is 2.44. The number of halogens is 4. The van der Waals surface area contributed by atoms with Gasteiger partial charge in [-0.15, -0.1) is 0 Å². The molecule has 1 unspecified atom stereocenters. The van der Waals surface area contributed by atoms with Crippen LogP contribution in [0.5, 0.6) is 0 Å². The van der Waals surface area contributed by atoms with E-state index in [2.05, 4.69) is 0 Å². The molecule has 108 valence electrons. The molecule has 0 spiro atoms. The number of carbonyl (C=O) groups excluding carboxylic acids is 1. The van der Waals surface area contributed by atoms with Crippen molar-refractivity contribution in [1.82, 2.24) is 0 Å². The number of benzene rings is 2. The summed E-state index contributed by atoms with van der Waals surface area (Å²) in [4.78, 5) is 13.0. The van der Waals surface area contributed by atoms with Gasteiger partial charge in [0.2, 0.25) is 6.17 Å². The second kappa shape index (κ2) is 4.58. The normalized spacial score (nSPS) is 18.0. The summed E-state index contributed by atoms with van der Waals surface area (Å²) < 4.78 is 52.4. The number of amides is 1. The van der Waals surface area contributed by atoms with E-state index in [1.807, 2.05) is 0 Å². The minimum absolute atomic E-state index is 0.0446. The van der Waals surface area contributed by atoms with Crippen LogP contribution >= 0.6 is 0 Å². The van der Waals surface area contributed by atoms with Gasteiger partial charge in [0.25, 0.3) is 5.91 Å². The van der Waals surface area contributed by atoms with Gasteiger partial charge in [0.1, 0.15) is 0 Å². The van der Waals surface area contributed by atoms with Crippen LogP contribution in [-0.4, -0.2) is 5.91 Å². The van der Waals surface area contributed by atoms with Crippen LogP contribution < -0.4 is 4.90 Å². The Morgan fingerprint density at radius 1 is 1.00 bits per heavy atom. The molecule has 21 heavy (non-hydrogen) atoms. The Labute approximate surface area is 117 Å². The van der Waals surface area contributed by atoms with Crippen LogP contribution in [0.15, 0.2) is 48.5 Å². The first-order valence-corrected chi connectivity index (χ1v) is 6.14. The third-order valence-corrected chi connectivity index (χ3v) is 3.32. The van der Waals surface area contributed by atoms with Crippen LogP contribution in [0.2, 0.25) is 0 Å². The Morgan fingerprint density at radius 3 is 2.29 bits per heavy atom. The number of alkyl halides is 4. The van der Waals surface area contributed by atoms with Crippen molar-refractivity contribution < 1.29 is 22.4 Å². The molecule has 1 aliphatic heterocycles. The van der Waals surface area contributed by atoms with E-state index in [0.29, 0.717) is 5.69 Å². The van der Waals surface area contributed by atoms with E-state index < -0.39 is 23.8 Å². The fourth-order valence-electron chi connectivity index (χ4n) is 2.34. The van der Waals surface area contributed by atoms with Gasteiger partial charge in [-0.05, 0) is 24.3 Å². The zero-order valence-corrected chi connectivity index (χ0v) is 10.6. The van der Waals surface area contributed by atoms with Crippen LogP contribution in [0.4, 0.5) is 28.9 Å². The van der Waals surface area contributed by atoms with Gasteiger partial charge < -0.3 is 0 Å². The molecule has 6 heteroatoms. The predicted octanol–water partition coefficient (Wildman–Crippen LogP) is 4.39. The Bertz CT molecular complexity index is 697. The van der Waals surface area contributed by atoms with Crippen molar-refractivity contribution in [2.45, 2.75) is 12.3 Å². The average Bonchev–Trinajstić information content (AvgIpc) is 2.70. The highest BCUT2D eigenvalue weighted by Gasteiger charge is 2.41. The second-order valence-corrected chi connectivity index (χ2v) is 4.64. The van der Waals surface area contributed by atoms with E-state index in [9.17, 15) is 22.4 Å². The molecular weight excluding hydrogens is 286 g/mol. The third kappa shape index (κ3) is 2.16. The van der Waals surface area contributed by atoms with Gasteiger partial charge in [0, 0.05) is 11.3 Å². The number of para-hydroxylation sites is 1. The first-order valence-electron chi connectivity index (χ1n) is 6.14. The summed E-state index contributed by atoms with van der Waals surface area (Å²) in [5.41, 5.74) is -0.683. The molecule has 0 bridgehead atoms. The predicted molar refractivity (Wildman–Crippen MR) is 68.9 cm³/mol. The number of hydrogen-bond donors (Lipinski definition) is 0. The van der Waals surface area contributed by atoms with Crippen molar-refractivity contribution in [3.63, 3.8) is 0 Å². The number of nitrogens with zero attached hydrogens (tertiary/aromatic N) is 1. The van der Waals surface area contributed by atoms with Crippen molar-refractivity contribution in [1.29, 1.82) is 0 Å². The number of fused-ring (bicyclic) bond motifs is 1. The molecule has 2 aromatic rings. The molecule has 0 saturated carbocycles. The zero-order chi connectivity index (χ0) is 15.2. The minimum atomic E-state index is -4.55. The largest absolute Gasteiger partial charge is 0.416 e. The van der Waals surface area contributed by atoms with Gasteiger partial charge >= 0.3 is 6.18 Å². The van der Waals surface area contributed by atoms with E-state index in [1.165, 1.54) is 0 Å². The standard InChI is InChI=1S/C15H9F4NO/c16-13-11-7-6-9(15(17,18)19)8-12(11)20(14(13)21)10-4-2-1-3-5-10/h1-8,13H. The van der Waals surface area contributed by atoms with E-state index >= 15 is 0 Å². The summed E-state index contributed by atoms with van der Waals surface area (Å²) in [5.74, 6) is -0.879. The maximum absolute atomic E-state index is 14.0. The third-order valence-electron chi connectivity index (χ3n) is 3.32. The number of anilines is 2. The monoisotopic (exact) mass is 295 g/mol. The second-order valence-electron chi connectivity index (χ2n) is 4.64. The first-order chi connectivity index (χ1) is 9.89. The number of rotatable bonds is 1. The van der Waals surface area contributed by atoms with Gasteiger partial charge in [0.05, 0.1) is 11.3 Å². The van der Waals surface area contributed by atoms with Gasteiger partial charge in [-0.25, -0.2) is 4.39 Å². The van der Waals surface area contributed by atoms with Crippen molar-refractivity contribution >= 4 is 17.3 Å². The van der Waals surface area contributed by atoms with Gasteiger partial charge in [-0.3, -0.25) is 9.69 Å². The quantitative estimate of drug-likeness (QED) is 0.714. The minimum Gasteiger partial charge on any atom is -0.278 e. The van der Waals surface area contributed by atoms with Gasteiger partial charge in [-0.1, -0.05) is 24.3 Å². The zero-order valence-electron chi connectivity index (χ0n) is 10.6.